The fourth-order valence-corrected chi connectivity index (χ4v) is 2.69. The molecule has 0 fully saturated rings. The molecule has 0 saturated heterocycles. The summed E-state index contributed by atoms with van der Waals surface area (Å²) in [5.74, 6) is 0.857. The molecule has 0 amide bonds. The van der Waals surface area contributed by atoms with E-state index in [4.69, 9.17) is 16.3 Å². The van der Waals surface area contributed by atoms with E-state index in [-0.39, 0.29) is 0 Å². The molecular formula is C15H14Br2ClNO. The summed E-state index contributed by atoms with van der Waals surface area (Å²) in [6.45, 7) is 3.27. The first-order valence-corrected chi connectivity index (χ1v) is 8.10. The SMILES string of the molecule is Cc1cc(Br)c(NCCOc2ccc(Br)cc2)cc1Cl. The van der Waals surface area contributed by atoms with Gasteiger partial charge in [-0.05, 0) is 64.8 Å². The summed E-state index contributed by atoms with van der Waals surface area (Å²) in [5, 5.41) is 4.05. The lowest BCUT2D eigenvalue weighted by atomic mass is 10.2. The van der Waals surface area contributed by atoms with E-state index in [0.29, 0.717) is 13.2 Å². The van der Waals surface area contributed by atoms with E-state index < -0.39 is 0 Å². The Hall–Kier alpha value is -0.710. The van der Waals surface area contributed by atoms with Crippen LogP contribution in [-0.4, -0.2) is 13.2 Å². The predicted molar refractivity (Wildman–Crippen MR) is 92.0 cm³/mol. The number of anilines is 1. The zero-order valence-corrected chi connectivity index (χ0v) is 14.8. The molecule has 2 aromatic rings. The van der Waals surface area contributed by atoms with Gasteiger partial charge in [-0.3, -0.25) is 0 Å². The summed E-state index contributed by atoms with van der Waals surface area (Å²) in [6, 6.07) is 11.7. The van der Waals surface area contributed by atoms with Gasteiger partial charge in [0.15, 0.2) is 0 Å². The van der Waals surface area contributed by atoms with Crippen LogP contribution in [0.1, 0.15) is 5.56 Å². The molecule has 0 aliphatic rings. The van der Waals surface area contributed by atoms with Gasteiger partial charge in [0.2, 0.25) is 0 Å². The number of ether oxygens (including phenoxy) is 1. The molecule has 20 heavy (non-hydrogen) atoms. The third-order valence-corrected chi connectivity index (χ3v) is 4.34. The quantitative estimate of drug-likeness (QED) is 0.631. The lowest BCUT2D eigenvalue weighted by molar-refractivity contribution is 0.333. The van der Waals surface area contributed by atoms with E-state index in [1.54, 1.807) is 0 Å². The maximum atomic E-state index is 6.11. The lowest BCUT2D eigenvalue weighted by Crippen LogP contribution is -2.11. The van der Waals surface area contributed by atoms with Gasteiger partial charge in [0.25, 0.3) is 0 Å². The molecule has 1 N–H and O–H groups in total. The minimum atomic E-state index is 0.583. The van der Waals surface area contributed by atoms with Gasteiger partial charge in [-0.25, -0.2) is 0 Å². The molecule has 0 aliphatic carbocycles. The Balaban J connectivity index is 1.84. The molecule has 0 unspecified atom stereocenters. The number of benzene rings is 2. The average molecular weight is 420 g/mol. The highest BCUT2D eigenvalue weighted by atomic mass is 79.9. The first-order chi connectivity index (χ1) is 9.56. The monoisotopic (exact) mass is 417 g/mol. The maximum Gasteiger partial charge on any atom is 0.119 e. The smallest absolute Gasteiger partial charge is 0.119 e. The van der Waals surface area contributed by atoms with Crippen LogP contribution in [0.3, 0.4) is 0 Å². The predicted octanol–water partition coefficient (Wildman–Crippen LogP) is 5.66. The molecule has 0 saturated carbocycles. The molecule has 2 aromatic carbocycles. The van der Waals surface area contributed by atoms with Crippen molar-refractivity contribution in [1.82, 2.24) is 0 Å². The van der Waals surface area contributed by atoms with E-state index in [0.717, 1.165) is 31.0 Å². The zero-order chi connectivity index (χ0) is 14.5. The second-order valence-corrected chi connectivity index (χ2v) is 6.49. The summed E-state index contributed by atoms with van der Waals surface area (Å²) in [5.41, 5.74) is 2.02. The number of hydrogen-bond donors (Lipinski definition) is 1. The van der Waals surface area contributed by atoms with Crippen LogP contribution < -0.4 is 10.1 Å². The van der Waals surface area contributed by atoms with Crippen molar-refractivity contribution in [3.05, 3.63) is 55.9 Å². The van der Waals surface area contributed by atoms with E-state index in [1.807, 2.05) is 43.3 Å². The number of aryl methyl sites for hydroxylation is 1. The molecule has 0 atom stereocenters. The number of halogens is 3. The summed E-state index contributed by atoms with van der Waals surface area (Å²) < 4.78 is 7.69. The largest absolute Gasteiger partial charge is 0.492 e. The molecule has 0 aliphatic heterocycles. The van der Waals surface area contributed by atoms with Crippen LogP contribution in [0.25, 0.3) is 0 Å². The van der Waals surface area contributed by atoms with Crippen LogP contribution in [0.4, 0.5) is 5.69 Å². The Morgan fingerprint density at radius 2 is 1.85 bits per heavy atom. The van der Waals surface area contributed by atoms with Crippen molar-refractivity contribution in [2.45, 2.75) is 6.92 Å². The molecule has 0 spiro atoms. The minimum Gasteiger partial charge on any atom is -0.492 e. The Bertz CT molecular complexity index is 587. The van der Waals surface area contributed by atoms with Gasteiger partial charge in [-0.1, -0.05) is 27.5 Å². The standard InChI is InChI=1S/C15H14Br2ClNO/c1-10-8-13(17)15(9-14(10)18)19-6-7-20-12-4-2-11(16)3-5-12/h2-5,8-9,19H,6-7H2,1H3. The highest BCUT2D eigenvalue weighted by Crippen LogP contribution is 2.29. The van der Waals surface area contributed by atoms with Crippen molar-refractivity contribution in [3.8, 4) is 5.75 Å². The van der Waals surface area contributed by atoms with Gasteiger partial charge in [0.05, 0.1) is 5.69 Å². The molecular weight excluding hydrogens is 405 g/mol. The van der Waals surface area contributed by atoms with Crippen molar-refractivity contribution in [3.63, 3.8) is 0 Å². The van der Waals surface area contributed by atoms with Crippen molar-refractivity contribution in [2.24, 2.45) is 0 Å². The van der Waals surface area contributed by atoms with Crippen LogP contribution in [0, 0.1) is 6.92 Å². The molecule has 5 heteroatoms. The molecule has 2 nitrogen and oxygen atoms in total. The first-order valence-electron chi connectivity index (χ1n) is 6.14. The van der Waals surface area contributed by atoms with Gasteiger partial charge >= 0.3 is 0 Å². The molecule has 0 bridgehead atoms. The highest BCUT2D eigenvalue weighted by Gasteiger charge is 2.03. The lowest BCUT2D eigenvalue weighted by Gasteiger charge is -2.11. The highest BCUT2D eigenvalue weighted by molar-refractivity contribution is 9.10. The third-order valence-electron chi connectivity index (χ3n) is 2.75. The van der Waals surface area contributed by atoms with E-state index in [2.05, 4.69) is 37.2 Å². The molecule has 0 radical (unpaired) electrons. The molecule has 0 aromatic heterocycles. The number of hydrogen-bond acceptors (Lipinski definition) is 2. The fraction of sp³-hybridized carbons (Fsp3) is 0.200. The van der Waals surface area contributed by atoms with Crippen LogP contribution in [0.15, 0.2) is 45.3 Å². The fourth-order valence-electron chi connectivity index (χ4n) is 1.67. The van der Waals surface area contributed by atoms with Gasteiger partial charge in [0, 0.05) is 20.5 Å². The summed E-state index contributed by atoms with van der Waals surface area (Å²) in [6.07, 6.45) is 0. The van der Waals surface area contributed by atoms with Crippen LogP contribution in [0.2, 0.25) is 5.02 Å². The molecule has 0 heterocycles. The molecule has 2 rings (SSSR count). The summed E-state index contributed by atoms with van der Waals surface area (Å²) in [7, 11) is 0. The normalized spacial score (nSPS) is 10.4. The van der Waals surface area contributed by atoms with E-state index >= 15 is 0 Å². The average Bonchev–Trinajstić information content (AvgIpc) is 2.42. The van der Waals surface area contributed by atoms with Crippen molar-refractivity contribution < 1.29 is 4.74 Å². The summed E-state index contributed by atoms with van der Waals surface area (Å²) >= 11 is 13.0. The van der Waals surface area contributed by atoms with Gasteiger partial charge in [-0.2, -0.15) is 0 Å². The van der Waals surface area contributed by atoms with Gasteiger partial charge in [-0.15, -0.1) is 0 Å². The Morgan fingerprint density at radius 3 is 2.55 bits per heavy atom. The number of rotatable bonds is 5. The first kappa shape index (κ1) is 15.7. The van der Waals surface area contributed by atoms with Gasteiger partial charge < -0.3 is 10.1 Å². The number of nitrogens with one attached hydrogen (secondary N) is 1. The topological polar surface area (TPSA) is 21.3 Å². The minimum absolute atomic E-state index is 0.583. The van der Waals surface area contributed by atoms with Crippen molar-refractivity contribution in [2.75, 3.05) is 18.5 Å². The maximum absolute atomic E-state index is 6.11. The van der Waals surface area contributed by atoms with Crippen LogP contribution in [-0.2, 0) is 0 Å². The second-order valence-electron chi connectivity index (χ2n) is 4.31. The van der Waals surface area contributed by atoms with Crippen molar-refractivity contribution in [1.29, 1.82) is 0 Å². The Morgan fingerprint density at radius 1 is 1.15 bits per heavy atom. The Kier molecular flexibility index (Phi) is 5.75. The zero-order valence-electron chi connectivity index (χ0n) is 10.9. The molecule has 106 valence electrons. The second kappa shape index (κ2) is 7.34. The van der Waals surface area contributed by atoms with Crippen molar-refractivity contribution >= 4 is 49.1 Å². The van der Waals surface area contributed by atoms with E-state index in [9.17, 15) is 0 Å². The van der Waals surface area contributed by atoms with Gasteiger partial charge in [0.1, 0.15) is 12.4 Å². The summed E-state index contributed by atoms with van der Waals surface area (Å²) in [4.78, 5) is 0. The van der Waals surface area contributed by atoms with E-state index in [1.165, 1.54) is 0 Å². The third kappa shape index (κ3) is 4.40. The Labute approximate surface area is 140 Å². The van der Waals surface area contributed by atoms with Crippen LogP contribution in [0.5, 0.6) is 5.75 Å². The van der Waals surface area contributed by atoms with Crippen LogP contribution >= 0.6 is 43.5 Å².